The number of rotatable bonds is 1. The maximum atomic E-state index is 14.0. The molecule has 1 aromatic rings. The largest absolute Gasteiger partial charge is 0.371 e. The van der Waals surface area contributed by atoms with Gasteiger partial charge in [0.05, 0.1) is 6.61 Å². The molecule has 1 spiro atoms. The average molecular weight is 277 g/mol. The summed E-state index contributed by atoms with van der Waals surface area (Å²) in [6.07, 6.45) is 6.21. The van der Waals surface area contributed by atoms with Crippen LogP contribution in [0, 0.1) is 11.2 Å². The molecule has 1 aromatic carbocycles. The first-order chi connectivity index (χ1) is 9.70. The molecule has 0 radical (unpaired) electrons. The Morgan fingerprint density at radius 1 is 1.20 bits per heavy atom. The van der Waals surface area contributed by atoms with Gasteiger partial charge < -0.3 is 10.1 Å². The van der Waals surface area contributed by atoms with Gasteiger partial charge in [-0.15, -0.1) is 0 Å². The molecule has 1 aliphatic carbocycles. The number of hydrogen-bond acceptors (Lipinski definition) is 2. The van der Waals surface area contributed by atoms with Gasteiger partial charge in [0.1, 0.15) is 11.9 Å². The Morgan fingerprint density at radius 2 is 1.95 bits per heavy atom. The van der Waals surface area contributed by atoms with Crippen LogP contribution in [0.25, 0.3) is 0 Å². The Bertz CT molecular complexity index is 456. The van der Waals surface area contributed by atoms with Crippen molar-refractivity contribution in [3.05, 3.63) is 35.6 Å². The summed E-state index contributed by atoms with van der Waals surface area (Å²) < 4.78 is 20.2. The summed E-state index contributed by atoms with van der Waals surface area (Å²) in [6.45, 7) is 3.85. The second kappa shape index (κ2) is 5.82. The van der Waals surface area contributed by atoms with Crippen LogP contribution in [0.5, 0.6) is 0 Å². The van der Waals surface area contributed by atoms with Crippen LogP contribution in [0.15, 0.2) is 24.3 Å². The van der Waals surface area contributed by atoms with Crippen molar-refractivity contribution < 1.29 is 9.13 Å². The highest BCUT2D eigenvalue weighted by Gasteiger charge is 2.38. The summed E-state index contributed by atoms with van der Waals surface area (Å²) in [6, 6.07) is 7.13. The van der Waals surface area contributed by atoms with E-state index in [0.717, 1.165) is 13.2 Å². The highest BCUT2D eigenvalue weighted by Crippen LogP contribution is 2.40. The Labute approximate surface area is 120 Å². The summed E-state index contributed by atoms with van der Waals surface area (Å²) in [5.74, 6) is -0.161. The Hall–Kier alpha value is -0.930. The van der Waals surface area contributed by atoms with Gasteiger partial charge in [0, 0.05) is 23.6 Å². The topological polar surface area (TPSA) is 21.3 Å². The molecule has 1 heterocycles. The zero-order chi connectivity index (χ0) is 14.0. The van der Waals surface area contributed by atoms with Crippen LogP contribution in [0.2, 0.25) is 0 Å². The Balaban J connectivity index is 1.79. The molecule has 20 heavy (non-hydrogen) atoms. The highest BCUT2D eigenvalue weighted by atomic mass is 19.1. The van der Waals surface area contributed by atoms with Gasteiger partial charge in [-0.05, 0) is 25.8 Å². The van der Waals surface area contributed by atoms with E-state index in [1.807, 2.05) is 12.1 Å². The molecule has 110 valence electrons. The molecule has 0 bridgehead atoms. The molecule has 1 aliphatic heterocycles. The van der Waals surface area contributed by atoms with Gasteiger partial charge in [0.25, 0.3) is 0 Å². The predicted octanol–water partition coefficient (Wildman–Crippen LogP) is 3.83. The molecule has 0 aromatic heterocycles. The third kappa shape index (κ3) is 2.75. The van der Waals surface area contributed by atoms with Gasteiger partial charge in [-0.2, -0.15) is 0 Å². The first kappa shape index (κ1) is 14.0. The van der Waals surface area contributed by atoms with Gasteiger partial charge in [0.2, 0.25) is 0 Å². The molecule has 0 amide bonds. The summed E-state index contributed by atoms with van der Waals surface area (Å²) in [5.41, 5.74) is 0.951. The fourth-order valence-electron chi connectivity index (χ4n) is 3.63. The monoisotopic (exact) mass is 277 g/mol. The maximum absolute atomic E-state index is 14.0. The van der Waals surface area contributed by atoms with Crippen LogP contribution in [-0.4, -0.2) is 19.2 Å². The van der Waals surface area contributed by atoms with E-state index >= 15 is 0 Å². The molecule has 2 nitrogen and oxygen atoms in total. The molecular formula is C17H24FNO. The van der Waals surface area contributed by atoms with Gasteiger partial charge in [-0.3, -0.25) is 0 Å². The third-order valence-electron chi connectivity index (χ3n) is 4.95. The van der Waals surface area contributed by atoms with Crippen molar-refractivity contribution >= 4 is 0 Å². The molecular weight excluding hydrogens is 253 g/mol. The van der Waals surface area contributed by atoms with Crippen molar-refractivity contribution in [2.45, 2.75) is 51.2 Å². The molecule has 1 saturated heterocycles. The van der Waals surface area contributed by atoms with E-state index in [1.54, 1.807) is 6.07 Å². The van der Waals surface area contributed by atoms with E-state index < -0.39 is 0 Å². The van der Waals surface area contributed by atoms with E-state index in [9.17, 15) is 4.39 Å². The lowest BCUT2D eigenvalue weighted by molar-refractivity contribution is -0.0119. The second-order valence-corrected chi connectivity index (χ2v) is 6.48. The fourth-order valence-corrected chi connectivity index (χ4v) is 3.63. The summed E-state index contributed by atoms with van der Waals surface area (Å²) in [7, 11) is 0. The predicted molar refractivity (Wildman–Crippen MR) is 78.1 cm³/mol. The quantitative estimate of drug-likeness (QED) is 0.842. The van der Waals surface area contributed by atoms with E-state index in [0.29, 0.717) is 5.56 Å². The zero-order valence-electron chi connectivity index (χ0n) is 12.2. The molecule has 2 unspecified atom stereocenters. The van der Waals surface area contributed by atoms with Gasteiger partial charge >= 0.3 is 0 Å². The summed E-state index contributed by atoms with van der Waals surface area (Å²) in [4.78, 5) is 0. The zero-order valence-corrected chi connectivity index (χ0v) is 12.2. The van der Waals surface area contributed by atoms with Crippen molar-refractivity contribution in [1.82, 2.24) is 5.32 Å². The van der Waals surface area contributed by atoms with Crippen molar-refractivity contribution in [3.8, 4) is 0 Å². The van der Waals surface area contributed by atoms with Crippen LogP contribution in [0.4, 0.5) is 4.39 Å². The minimum Gasteiger partial charge on any atom is -0.371 e. The van der Waals surface area contributed by atoms with E-state index in [-0.39, 0.29) is 23.4 Å². The fraction of sp³-hybridized carbons (Fsp3) is 0.647. The van der Waals surface area contributed by atoms with Gasteiger partial charge in [0.15, 0.2) is 0 Å². The van der Waals surface area contributed by atoms with Crippen LogP contribution in [-0.2, 0) is 4.74 Å². The number of hydrogen-bond donors (Lipinski definition) is 1. The minimum absolute atomic E-state index is 0.146. The minimum atomic E-state index is -0.183. The molecule has 2 aliphatic rings. The van der Waals surface area contributed by atoms with Crippen molar-refractivity contribution in [1.29, 1.82) is 0 Å². The first-order valence-corrected chi connectivity index (χ1v) is 7.80. The smallest absolute Gasteiger partial charge is 0.129 e. The Kier molecular flexibility index (Phi) is 4.08. The first-order valence-electron chi connectivity index (χ1n) is 7.80. The lowest BCUT2D eigenvalue weighted by atomic mass is 9.74. The van der Waals surface area contributed by atoms with Gasteiger partial charge in [-0.25, -0.2) is 4.39 Å². The molecule has 3 rings (SSSR count). The third-order valence-corrected chi connectivity index (χ3v) is 4.95. The normalized spacial score (nSPS) is 30.1. The van der Waals surface area contributed by atoms with E-state index in [1.165, 1.54) is 38.2 Å². The van der Waals surface area contributed by atoms with Crippen molar-refractivity contribution in [2.75, 3.05) is 13.2 Å². The lowest BCUT2D eigenvalue weighted by Gasteiger charge is -2.35. The number of nitrogens with one attached hydrogen (secondary N) is 1. The summed E-state index contributed by atoms with van der Waals surface area (Å²) in [5, 5.41) is 3.59. The molecule has 2 atom stereocenters. The van der Waals surface area contributed by atoms with Crippen LogP contribution in [0.1, 0.15) is 50.7 Å². The van der Waals surface area contributed by atoms with Crippen molar-refractivity contribution in [2.24, 2.45) is 5.41 Å². The number of halogens is 1. The number of ether oxygens (including phenoxy) is 1. The molecule has 1 N–H and O–H groups in total. The maximum Gasteiger partial charge on any atom is 0.129 e. The van der Waals surface area contributed by atoms with Gasteiger partial charge in [-0.1, -0.05) is 37.5 Å². The molecule has 2 fully saturated rings. The van der Waals surface area contributed by atoms with Crippen LogP contribution in [0.3, 0.4) is 0 Å². The van der Waals surface area contributed by atoms with Crippen LogP contribution >= 0.6 is 0 Å². The summed E-state index contributed by atoms with van der Waals surface area (Å²) >= 11 is 0. The standard InChI is InChI=1S/C17H24FNO/c1-13-16(14-7-3-4-8-15(14)18)20-12-17(11-19-13)9-5-2-6-10-17/h3-4,7-8,13,16,19H,2,5-6,9-12H2,1H3. The lowest BCUT2D eigenvalue weighted by Crippen LogP contribution is -2.39. The second-order valence-electron chi connectivity index (χ2n) is 6.48. The Morgan fingerprint density at radius 3 is 2.70 bits per heavy atom. The molecule has 3 heteroatoms. The molecule has 1 saturated carbocycles. The van der Waals surface area contributed by atoms with Crippen LogP contribution < -0.4 is 5.32 Å². The average Bonchev–Trinajstić information content (AvgIpc) is 2.62. The SMILES string of the molecule is CC1NCC2(CCCCC2)COC1c1ccccc1F. The highest BCUT2D eigenvalue weighted by molar-refractivity contribution is 5.21. The van der Waals surface area contributed by atoms with Crippen molar-refractivity contribution in [3.63, 3.8) is 0 Å². The van der Waals surface area contributed by atoms with E-state index in [2.05, 4.69) is 12.2 Å². The van der Waals surface area contributed by atoms with E-state index in [4.69, 9.17) is 4.74 Å². The number of benzene rings is 1.